The van der Waals surface area contributed by atoms with Crippen LogP contribution in [0.4, 0.5) is 5.69 Å². The molecule has 8 heteroatoms. The summed E-state index contributed by atoms with van der Waals surface area (Å²) in [5.74, 6) is 0.677. The Hall–Kier alpha value is -1.21. The highest BCUT2D eigenvalue weighted by atomic mass is 35.5. The second-order valence-electron chi connectivity index (χ2n) is 5.20. The molecule has 6 nitrogen and oxygen atoms in total. The zero-order chi connectivity index (χ0) is 15.2. The lowest BCUT2D eigenvalue weighted by molar-refractivity contribution is -0.124. The molecule has 0 bridgehead atoms. The smallest absolute Gasteiger partial charge is 0.239 e. The molecule has 1 aliphatic heterocycles. The van der Waals surface area contributed by atoms with Gasteiger partial charge in [-0.05, 0) is 18.6 Å². The molecule has 3 N–H and O–H groups in total. The number of benzene rings is 1. The summed E-state index contributed by atoms with van der Waals surface area (Å²) in [5.41, 5.74) is 6.83. The summed E-state index contributed by atoms with van der Waals surface area (Å²) in [6.07, 6.45) is 0.905. The van der Waals surface area contributed by atoms with Gasteiger partial charge in [0.1, 0.15) is 11.8 Å². The highest BCUT2D eigenvalue weighted by Gasteiger charge is 2.26. The molecule has 1 fully saturated rings. The van der Waals surface area contributed by atoms with Crippen molar-refractivity contribution in [2.24, 2.45) is 5.73 Å². The minimum Gasteiger partial charge on any atom is -0.497 e. The third-order valence-electron chi connectivity index (χ3n) is 3.64. The largest absolute Gasteiger partial charge is 0.497 e. The van der Waals surface area contributed by atoms with Crippen LogP contribution in [-0.2, 0) is 9.53 Å². The number of nitrogens with one attached hydrogen (secondary N) is 1. The van der Waals surface area contributed by atoms with Crippen LogP contribution in [0.1, 0.15) is 6.42 Å². The van der Waals surface area contributed by atoms with Crippen LogP contribution in [0.15, 0.2) is 24.3 Å². The van der Waals surface area contributed by atoms with Gasteiger partial charge in [0.25, 0.3) is 0 Å². The van der Waals surface area contributed by atoms with Crippen molar-refractivity contribution in [1.82, 2.24) is 5.32 Å². The van der Waals surface area contributed by atoms with Crippen molar-refractivity contribution in [2.45, 2.75) is 18.5 Å². The van der Waals surface area contributed by atoms with Crippen LogP contribution >= 0.6 is 24.8 Å². The number of anilines is 1. The molecule has 0 radical (unpaired) electrons. The zero-order valence-corrected chi connectivity index (χ0v) is 15.0. The lowest BCUT2D eigenvalue weighted by atomic mass is 10.2. The van der Waals surface area contributed by atoms with Crippen LogP contribution in [0.2, 0.25) is 0 Å². The number of carbonyl (C=O) groups excluding carboxylic acids is 1. The quantitative estimate of drug-likeness (QED) is 0.792. The van der Waals surface area contributed by atoms with E-state index < -0.39 is 6.04 Å². The van der Waals surface area contributed by atoms with E-state index in [0.717, 1.165) is 30.9 Å². The molecule has 2 rings (SSSR count). The Bertz CT molecular complexity index is 491. The number of hydrogen-bond acceptors (Lipinski definition) is 5. The van der Waals surface area contributed by atoms with E-state index in [-0.39, 0.29) is 43.4 Å². The number of rotatable bonds is 6. The van der Waals surface area contributed by atoms with E-state index in [1.807, 2.05) is 24.3 Å². The Balaban J connectivity index is 0.00000242. The Morgan fingerprint density at radius 2 is 2.17 bits per heavy atom. The van der Waals surface area contributed by atoms with Crippen molar-refractivity contribution in [1.29, 1.82) is 0 Å². The number of hydrogen-bond donors (Lipinski definition) is 2. The van der Waals surface area contributed by atoms with Crippen LogP contribution in [-0.4, -0.2) is 51.9 Å². The maximum absolute atomic E-state index is 11.9. The van der Waals surface area contributed by atoms with E-state index in [9.17, 15) is 4.79 Å². The summed E-state index contributed by atoms with van der Waals surface area (Å²) < 4.78 is 10.1. The minimum atomic E-state index is -0.610. The van der Waals surface area contributed by atoms with Crippen molar-refractivity contribution >= 4 is 36.4 Å². The van der Waals surface area contributed by atoms with Gasteiger partial charge in [-0.15, -0.1) is 24.8 Å². The molecule has 0 aliphatic carbocycles. The molecule has 0 aromatic heterocycles. The van der Waals surface area contributed by atoms with E-state index in [2.05, 4.69) is 10.2 Å². The fraction of sp³-hybridized carbons (Fsp3) is 0.533. The normalized spacial score (nSPS) is 17.7. The maximum atomic E-state index is 11.9. The fourth-order valence-corrected chi connectivity index (χ4v) is 2.48. The van der Waals surface area contributed by atoms with Crippen molar-refractivity contribution in [2.75, 3.05) is 38.8 Å². The molecular weight excluding hydrogens is 341 g/mol. The molecule has 23 heavy (non-hydrogen) atoms. The van der Waals surface area contributed by atoms with Gasteiger partial charge in [0.15, 0.2) is 0 Å². The fourth-order valence-electron chi connectivity index (χ4n) is 2.48. The molecule has 0 spiro atoms. The van der Waals surface area contributed by atoms with Gasteiger partial charge in [-0.2, -0.15) is 0 Å². The topological polar surface area (TPSA) is 76.8 Å². The van der Waals surface area contributed by atoms with Crippen molar-refractivity contribution < 1.29 is 14.3 Å². The number of ether oxygens (including phenoxy) is 2. The zero-order valence-electron chi connectivity index (χ0n) is 13.4. The lowest BCUT2D eigenvalue weighted by Crippen LogP contribution is -2.48. The van der Waals surface area contributed by atoms with Gasteiger partial charge >= 0.3 is 0 Å². The first-order valence-electron chi connectivity index (χ1n) is 7.08. The van der Waals surface area contributed by atoms with Crippen molar-refractivity contribution in [3.05, 3.63) is 24.3 Å². The number of nitrogens with zero attached hydrogens (tertiary/aromatic N) is 1. The lowest BCUT2D eigenvalue weighted by Gasteiger charge is -2.20. The second-order valence-corrected chi connectivity index (χ2v) is 5.20. The number of methoxy groups -OCH3 is 2. The van der Waals surface area contributed by atoms with E-state index in [4.69, 9.17) is 15.2 Å². The Kier molecular flexibility index (Phi) is 9.99. The highest BCUT2D eigenvalue weighted by molar-refractivity contribution is 5.85. The summed E-state index contributed by atoms with van der Waals surface area (Å²) >= 11 is 0. The van der Waals surface area contributed by atoms with Gasteiger partial charge in [-0.1, -0.05) is 6.07 Å². The monoisotopic (exact) mass is 365 g/mol. The van der Waals surface area contributed by atoms with E-state index >= 15 is 0 Å². The first-order valence-corrected chi connectivity index (χ1v) is 7.08. The summed E-state index contributed by atoms with van der Waals surface area (Å²) in [5, 5.41) is 2.97. The van der Waals surface area contributed by atoms with Crippen molar-refractivity contribution in [3.8, 4) is 5.75 Å². The SMILES string of the molecule is COCC(N)C(=O)NC1CCN(c2cccc(OC)c2)C1.Cl.Cl. The first kappa shape index (κ1) is 21.8. The van der Waals surface area contributed by atoms with Crippen LogP contribution < -0.4 is 20.7 Å². The van der Waals surface area contributed by atoms with E-state index in [1.165, 1.54) is 7.11 Å². The van der Waals surface area contributed by atoms with Gasteiger partial charge in [0.2, 0.25) is 5.91 Å². The standard InChI is InChI=1S/C15H23N3O3.2ClH/c1-20-10-14(16)15(19)17-11-6-7-18(9-11)12-4-3-5-13(8-12)21-2;;/h3-5,8,11,14H,6-7,9-10,16H2,1-2H3,(H,17,19);2*1H. The third kappa shape index (κ3) is 6.06. The molecule has 1 aliphatic rings. The number of amides is 1. The summed E-state index contributed by atoms with van der Waals surface area (Å²) in [6, 6.07) is 7.44. The van der Waals surface area contributed by atoms with Gasteiger partial charge in [0.05, 0.1) is 13.7 Å². The van der Waals surface area contributed by atoms with Crippen LogP contribution in [0.3, 0.4) is 0 Å². The molecule has 1 aromatic rings. The molecule has 1 saturated heterocycles. The molecule has 1 amide bonds. The number of halogens is 2. The van der Waals surface area contributed by atoms with Crippen molar-refractivity contribution in [3.63, 3.8) is 0 Å². The average Bonchev–Trinajstić information content (AvgIpc) is 2.96. The predicted molar refractivity (Wildman–Crippen MR) is 96.1 cm³/mol. The molecule has 132 valence electrons. The number of nitrogens with two attached hydrogens (primary N) is 1. The Morgan fingerprint density at radius 3 is 2.83 bits per heavy atom. The molecule has 1 aromatic carbocycles. The third-order valence-corrected chi connectivity index (χ3v) is 3.64. The first-order chi connectivity index (χ1) is 10.1. The van der Waals surface area contributed by atoms with Gasteiger partial charge in [-0.3, -0.25) is 4.79 Å². The molecule has 2 atom stereocenters. The highest BCUT2D eigenvalue weighted by Crippen LogP contribution is 2.24. The molecule has 0 saturated carbocycles. The summed E-state index contributed by atoms with van der Waals surface area (Å²) in [7, 11) is 3.19. The summed E-state index contributed by atoms with van der Waals surface area (Å²) in [4.78, 5) is 14.1. The second kappa shape index (κ2) is 10.5. The molecule has 1 heterocycles. The van der Waals surface area contributed by atoms with Crippen LogP contribution in [0, 0.1) is 0 Å². The molecule has 2 unspecified atom stereocenters. The molecular formula is C15H25Cl2N3O3. The summed E-state index contributed by atoms with van der Waals surface area (Å²) in [6.45, 7) is 1.91. The van der Waals surface area contributed by atoms with Gasteiger partial charge < -0.3 is 25.4 Å². The maximum Gasteiger partial charge on any atom is 0.239 e. The van der Waals surface area contributed by atoms with Gasteiger partial charge in [-0.25, -0.2) is 0 Å². The van der Waals surface area contributed by atoms with E-state index in [1.54, 1.807) is 7.11 Å². The predicted octanol–water partition coefficient (Wildman–Crippen LogP) is 1.21. The van der Waals surface area contributed by atoms with Crippen LogP contribution in [0.5, 0.6) is 5.75 Å². The number of carbonyl (C=O) groups is 1. The minimum absolute atomic E-state index is 0. The average molecular weight is 366 g/mol. The Labute approximate surface area is 149 Å². The van der Waals surface area contributed by atoms with Crippen LogP contribution in [0.25, 0.3) is 0 Å². The van der Waals surface area contributed by atoms with Gasteiger partial charge in [0, 0.05) is 38.0 Å². The van der Waals surface area contributed by atoms with E-state index in [0.29, 0.717) is 0 Å². The Morgan fingerprint density at radius 1 is 1.43 bits per heavy atom.